The third kappa shape index (κ3) is 3.96. The van der Waals surface area contributed by atoms with Crippen molar-refractivity contribution in [3.8, 4) is 11.3 Å². The lowest BCUT2D eigenvalue weighted by molar-refractivity contribution is -0.750. The fraction of sp³-hybridized carbons (Fsp3) is 0.250. The van der Waals surface area contributed by atoms with Gasteiger partial charge in [0.2, 0.25) is 0 Å². The van der Waals surface area contributed by atoms with Crippen molar-refractivity contribution in [2.75, 3.05) is 5.75 Å². The Hall–Kier alpha value is -1.57. The number of halogens is 1. The molecule has 6 nitrogen and oxygen atoms in total. The second-order valence-corrected chi connectivity index (χ2v) is 6.22. The van der Waals surface area contributed by atoms with Crippen LogP contribution in [0, 0.1) is 6.92 Å². The van der Waals surface area contributed by atoms with E-state index in [0.717, 1.165) is 16.8 Å². The van der Waals surface area contributed by atoms with E-state index in [4.69, 9.17) is 11.6 Å². The van der Waals surface area contributed by atoms with E-state index in [1.54, 1.807) is 30.7 Å². The maximum absolute atomic E-state index is 10.6. The molecule has 0 aliphatic carbocycles. The third-order valence-electron chi connectivity index (χ3n) is 2.66. The van der Waals surface area contributed by atoms with Crippen LogP contribution in [0.5, 0.6) is 0 Å². The van der Waals surface area contributed by atoms with Crippen molar-refractivity contribution in [3.05, 3.63) is 41.3 Å². The summed E-state index contributed by atoms with van der Waals surface area (Å²) in [6.45, 7) is 1.92. The van der Waals surface area contributed by atoms with Crippen molar-refractivity contribution in [2.45, 2.75) is 13.5 Å². The second kappa shape index (κ2) is 5.82. The van der Waals surface area contributed by atoms with Gasteiger partial charge in [-0.05, 0) is 23.7 Å². The minimum Gasteiger partial charge on any atom is -0.748 e. The van der Waals surface area contributed by atoms with Gasteiger partial charge in [-0.25, -0.2) is 8.42 Å². The molecule has 0 aromatic carbocycles. The van der Waals surface area contributed by atoms with Crippen LogP contribution in [0.4, 0.5) is 0 Å². The van der Waals surface area contributed by atoms with Crippen molar-refractivity contribution in [1.82, 2.24) is 10.1 Å². The number of hydrogen-bond acceptors (Lipinski definition) is 5. The van der Waals surface area contributed by atoms with Crippen LogP contribution in [-0.2, 0) is 16.7 Å². The molecule has 0 atom stereocenters. The molecule has 2 rings (SSSR count). The summed E-state index contributed by atoms with van der Waals surface area (Å²) in [6.07, 6.45) is 4.73. The molecule has 0 N–H and O–H groups in total. The maximum Gasteiger partial charge on any atom is 0.197 e. The summed E-state index contributed by atoms with van der Waals surface area (Å²) in [5, 5.41) is 4.62. The molecule has 0 unspecified atom stereocenters. The molecule has 0 radical (unpaired) electrons. The number of nitrogens with zero attached hydrogens (tertiary/aromatic N) is 3. The van der Waals surface area contributed by atoms with Crippen LogP contribution in [0.1, 0.15) is 5.56 Å². The summed E-state index contributed by atoms with van der Waals surface area (Å²) in [7, 11) is -4.23. The molecule has 0 saturated heterocycles. The Morgan fingerprint density at radius 1 is 1.40 bits per heavy atom. The molecular formula is C12H12ClN3O3S. The second-order valence-electron chi connectivity index (χ2n) is 4.26. The minimum atomic E-state index is -4.23. The average Bonchev–Trinajstić information content (AvgIpc) is 2.36. The highest BCUT2D eigenvalue weighted by molar-refractivity contribution is 7.85. The van der Waals surface area contributed by atoms with E-state index in [-0.39, 0.29) is 6.54 Å². The van der Waals surface area contributed by atoms with Crippen molar-refractivity contribution in [2.24, 2.45) is 0 Å². The van der Waals surface area contributed by atoms with E-state index >= 15 is 0 Å². The molecule has 0 saturated carbocycles. The van der Waals surface area contributed by atoms with Crippen LogP contribution in [0.15, 0.2) is 30.7 Å². The standard InChI is InChI=1S/C12H12ClN3O3S/c1-9-6-11(13)8-14-12(9)10-2-3-16(15-7-10)4-5-20(17,18)19/h2-3,6-8H,4-5H2,1H3. The number of pyridine rings is 1. The van der Waals surface area contributed by atoms with E-state index in [1.165, 1.54) is 4.68 Å². The lowest BCUT2D eigenvalue weighted by Crippen LogP contribution is -2.40. The van der Waals surface area contributed by atoms with E-state index < -0.39 is 15.9 Å². The summed E-state index contributed by atoms with van der Waals surface area (Å²) in [6, 6.07) is 3.56. The smallest absolute Gasteiger partial charge is 0.197 e. The molecule has 2 aromatic heterocycles. The van der Waals surface area contributed by atoms with Crippen LogP contribution >= 0.6 is 11.6 Å². The third-order valence-corrected chi connectivity index (χ3v) is 3.55. The van der Waals surface area contributed by atoms with Gasteiger partial charge in [-0.2, -0.15) is 0 Å². The van der Waals surface area contributed by atoms with Crippen LogP contribution in [0.25, 0.3) is 11.3 Å². The lowest BCUT2D eigenvalue weighted by atomic mass is 10.1. The predicted molar refractivity (Wildman–Crippen MR) is 72.0 cm³/mol. The Morgan fingerprint density at radius 3 is 2.70 bits per heavy atom. The molecule has 2 heterocycles. The van der Waals surface area contributed by atoms with Crippen molar-refractivity contribution >= 4 is 21.7 Å². The number of hydrogen-bond donors (Lipinski definition) is 0. The molecular weight excluding hydrogens is 302 g/mol. The Morgan fingerprint density at radius 2 is 2.15 bits per heavy atom. The van der Waals surface area contributed by atoms with E-state index in [0.29, 0.717) is 5.02 Å². The molecule has 0 fully saturated rings. The number of aromatic nitrogens is 3. The zero-order valence-corrected chi connectivity index (χ0v) is 12.2. The fourth-order valence-electron chi connectivity index (χ4n) is 1.70. The Kier molecular flexibility index (Phi) is 4.32. The first-order valence-electron chi connectivity index (χ1n) is 5.77. The Labute approximate surface area is 121 Å². The van der Waals surface area contributed by atoms with Crippen LogP contribution < -0.4 is 4.68 Å². The summed E-state index contributed by atoms with van der Waals surface area (Å²) in [5.41, 5.74) is 2.46. The zero-order chi connectivity index (χ0) is 14.8. The van der Waals surface area contributed by atoms with Crippen molar-refractivity contribution < 1.29 is 17.7 Å². The van der Waals surface area contributed by atoms with Gasteiger partial charge < -0.3 is 4.55 Å². The van der Waals surface area contributed by atoms with Gasteiger partial charge in [-0.3, -0.25) is 4.98 Å². The molecule has 2 aromatic rings. The van der Waals surface area contributed by atoms with Gasteiger partial charge in [0.25, 0.3) is 0 Å². The molecule has 0 amide bonds. The summed E-state index contributed by atoms with van der Waals surface area (Å²) < 4.78 is 33.0. The molecule has 106 valence electrons. The van der Waals surface area contributed by atoms with Gasteiger partial charge in [-0.1, -0.05) is 16.3 Å². The average molecular weight is 314 g/mol. The highest BCUT2D eigenvalue weighted by Crippen LogP contribution is 2.21. The number of rotatable bonds is 4. The molecule has 8 heteroatoms. The topological polar surface area (TPSA) is 86.9 Å². The fourth-order valence-corrected chi connectivity index (χ4v) is 2.33. The molecule has 0 aliphatic heterocycles. The Balaban J connectivity index is 2.19. The van der Waals surface area contributed by atoms with Gasteiger partial charge in [-0.15, -0.1) is 0 Å². The molecule has 20 heavy (non-hydrogen) atoms. The first kappa shape index (κ1) is 14.8. The highest BCUT2D eigenvalue weighted by Gasteiger charge is 2.09. The van der Waals surface area contributed by atoms with Gasteiger partial charge in [0.1, 0.15) is 16.3 Å². The minimum absolute atomic E-state index is 0.0269. The van der Waals surface area contributed by atoms with Gasteiger partial charge in [0, 0.05) is 17.8 Å². The van der Waals surface area contributed by atoms with Gasteiger partial charge in [0.05, 0.1) is 16.5 Å². The summed E-state index contributed by atoms with van der Waals surface area (Å²) in [4.78, 5) is 4.24. The number of aryl methyl sites for hydroxylation is 2. The van der Waals surface area contributed by atoms with Gasteiger partial charge >= 0.3 is 0 Å². The van der Waals surface area contributed by atoms with E-state index in [2.05, 4.69) is 10.1 Å². The van der Waals surface area contributed by atoms with Crippen LogP contribution in [0.3, 0.4) is 0 Å². The lowest BCUT2D eigenvalue weighted by Gasteiger charge is -2.04. The highest BCUT2D eigenvalue weighted by atomic mass is 35.5. The first-order chi connectivity index (χ1) is 9.35. The summed E-state index contributed by atoms with van der Waals surface area (Å²) in [5.74, 6) is -0.484. The monoisotopic (exact) mass is 313 g/mol. The van der Waals surface area contributed by atoms with Crippen LogP contribution in [-0.4, -0.2) is 28.8 Å². The summed E-state index contributed by atoms with van der Waals surface area (Å²) >= 11 is 5.84. The molecule has 0 spiro atoms. The van der Waals surface area contributed by atoms with Gasteiger partial charge in [0.15, 0.2) is 12.7 Å². The normalized spacial score (nSPS) is 11.6. The van der Waals surface area contributed by atoms with Crippen molar-refractivity contribution in [3.63, 3.8) is 0 Å². The Bertz CT molecular complexity index is 717. The van der Waals surface area contributed by atoms with E-state index in [9.17, 15) is 13.0 Å². The quantitative estimate of drug-likeness (QED) is 0.619. The van der Waals surface area contributed by atoms with Crippen molar-refractivity contribution in [1.29, 1.82) is 0 Å². The molecule has 0 aliphatic rings. The van der Waals surface area contributed by atoms with E-state index in [1.807, 2.05) is 6.92 Å². The largest absolute Gasteiger partial charge is 0.748 e. The predicted octanol–water partition coefficient (Wildman–Crippen LogP) is 0.938. The molecule has 0 bridgehead atoms. The SMILES string of the molecule is Cc1cc(Cl)cnc1-c1cc[n+](CCS(=O)(=O)[O-])nc1. The van der Waals surface area contributed by atoms with Crippen LogP contribution in [0.2, 0.25) is 5.02 Å². The first-order valence-corrected chi connectivity index (χ1v) is 7.72. The maximum atomic E-state index is 10.6. The zero-order valence-electron chi connectivity index (χ0n) is 10.7.